The van der Waals surface area contributed by atoms with Crippen LogP contribution in [0.5, 0.6) is 11.8 Å². The lowest BCUT2D eigenvalue weighted by Crippen LogP contribution is -2.59. The van der Waals surface area contributed by atoms with Crippen LogP contribution in [0, 0.1) is 17.8 Å². The molecule has 2 aliphatic heterocycles. The van der Waals surface area contributed by atoms with E-state index in [4.69, 9.17) is 14.2 Å². The molecule has 0 unspecified atom stereocenters. The Hall–Kier alpha value is -4.68. The molecule has 4 amide bonds. The van der Waals surface area contributed by atoms with Crippen molar-refractivity contribution in [1.82, 2.24) is 30.5 Å². The third-order valence-electron chi connectivity index (χ3n) is 11.1. The third-order valence-corrected chi connectivity index (χ3v) is 12.9. The fourth-order valence-corrected chi connectivity index (χ4v) is 8.85. The Bertz CT molecular complexity index is 2030. The zero-order chi connectivity index (χ0) is 41.5. The molecular weight excluding hydrogens is 774 g/mol. The first-order chi connectivity index (χ1) is 26.8. The fourth-order valence-electron chi connectivity index (χ4n) is 7.49. The number of fused-ring (bicyclic) bond motifs is 3. The molecular formula is C38H49F3N6O9S. The number of hydrogen-bond donors (Lipinski definition) is 3. The molecule has 1 aromatic heterocycles. The number of rotatable bonds is 9. The maximum atomic E-state index is 14.7. The van der Waals surface area contributed by atoms with Gasteiger partial charge in [-0.15, -0.1) is 10.2 Å². The first kappa shape index (κ1) is 41.9. The van der Waals surface area contributed by atoms with Crippen LogP contribution in [0.2, 0.25) is 0 Å². The summed E-state index contributed by atoms with van der Waals surface area (Å²) < 4.78 is 85.8. The highest BCUT2D eigenvalue weighted by Crippen LogP contribution is 2.46. The first-order valence-corrected chi connectivity index (χ1v) is 20.8. The molecule has 19 heteroatoms. The summed E-state index contributed by atoms with van der Waals surface area (Å²) in [4.78, 5) is 57.2. The van der Waals surface area contributed by atoms with E-state index in [9.17, 15) is 40.8 Å². The van der Waals surface area contributed by atoms with Gasteiger partial charge < -0.3 is 29.7 Å². The second-order valence-electron chi connectivity index (χ2n) is 16.1. The number of allylic oxidation sites excluding steroid dienone is 1. The Balaban J connectivity index is 1.35. The third kappa shape index (κ3) is 9.07. The van der Waals surface area contributed by atoms with Crippen LogP contribution in [0.4, 0.5) is 18.0 Å². The van der Waals surface area contributed by atoms with Crippen molar-refractivity contribution in [1.29, 1.82) is 0 Å². The molecule has 1 aromatic carbocycles. The van der Waals surface area contributed by atoms with Gasteiger partial charge in [-0.1, -0.05) is 38.1 Å². The Labute approximate surface area is 328 Å². The standard InChI is InChI=1S/C38H49F3N6O9S/c1-6-54-31-26-13-9-10-14-27(26)32(45-44-31)55-24-18-28-30(48)43-37(34(50)46-57(52,53)25-15-16-25)19-23(37)12-8-7-11-21(2)17-22(3)29(33(49)47(28)20-24)42-35(51)56-36(4,5)38(39,40)41/h8-10,12-14,21-25,28-29H,6-7,11,15-20H2,1-5H3,(H,42,51)(H,43,48)(H,46,50)/b12-8-/t21-,22-,23-,24-,28+,29+,37-/m1/s1. The van der Waals surface area contributed by atoms with Crippen LogP contribution >= 0.6 is 0 Å². The van der Waals surface area contributed by atoms with Gasteiger partial charge in [-0.3, -0.25) is 19.1 Å². The largest absolute Gasteiger partial charge is 0.476 e. The summed E-state index contributed by atoms with van der Waals surface area (Å²) in [5.74, 6) is -3.35. The van der Waals surface area contributed by atoms with E-state index in [2.05, 4.69) is 25.6 Å². The Morgan fingerprint density at radius 3 is 2.35 bits per heavy atom. The smallest absolute Gasteiger partial charge is 0.427 e. The SMILES string of the molecule is CCOc1nnc(O[C@@H]2C[C@H]3C(=O)N[C@]4(C(=O)NS(=O)(=O)C5CC5)C[C@H]4/C=C\CC[C@@H](C)C[C@@H](C)[C@H](NC(=O)OC(C)(C)C(F)(F)F)C(=O)N3C2)c2ccccc12. The van der Waals surface area contributed by atoms with E-state index >= 15 is 0 Å². The van der Waals surface area contributed by atoms with Crippen molar-refractivity contribution >= 4 is 44.6 Å². The van der Waals surface area contributed by atoms with Gasteiger partial charge in [0, 0.05) is 12.3 Å². The van der Waals surface area contributed by atoms with Gasteiger partial charge in [-0.2, -0.15) is 13.2 Å². The quantitative estimate of drug-likeness (QED) is 0.305. The predicted octanol–water partition coefficient (Wildman–Crippen LogP) is 4.31. The molecule has 2 aliphatic carbocycles. The minimum Gasteiger partial charge on any atom is -0.476 e. The highest BCUT2D eigenvalue weighted by Gasteiger charge is 2.62. The number of halogens is 3. The number of alkyl halides is 3. The van der Waals surface area contributed by atoms with Gasteiger partial charge in [0.25, 0.3) is 5.91 Å². The van der Waals surface area contributed by atoms with Crippen molar-refractivity contribution in [3.05, 3.63) is 36.4 Å². The van der Waals surface area contributed by atoms with Crippen LogP contribution in [-0.2, 0) is 29.1 Å². The van der Waals surface area contributed by atoms with Crippen LogP contribution in [-0.4, -0.2) is 101 Å². The van der Waals surface area contributed by atoms with Gasteiger partial charge >= 0.3 is 12.3 Å². The maximum absolute atomic E-state index is 14.7. The minimum absolute atomic E-state index is 0.0396. The molecule has 57 heavy (non-hydrogen) atoms. The van der Waals surface area contributed by atoms with E-state index in [1.807, 2.05) is 13.0 Å². The number of ether oxygens (including phenoxy) is 3. The number of alkyl carbamates (subject to hydrolysis) is 1. The van der Waals surface area contributed by atoms with Crippen molar-refractivity contribution in [3.8, 4) is 11.8 Å². The van der Waals surface area contributed by atoms with Crippen LogP contribution in [0.15, 0.2) is 36.4 Å². The second-order valence-corrected chi connectivity index (χ2v) is 18.0. The monoisotopic (exact) mass is 822 g/mol. The molecule has 6 rings (SSSR count). The number of aromatic nitrogens is 2. The number of nitrogens with zero attached hydrogens (tertiary/aromatic N) is 3. The zero-order valence-electron chi connectivity index (χ0n) is 32.4. The van der Waals surface area contributed by atoms with Crippen molar-refractivity contribution in [2.75, 3.05) is 13.2 Å². The Morgan fingerprint density at radius 1 is 1.04 bits per heavy atom. The topological polar surface area (TPSA) is 195 Å². The van der Waals surface area contributed by atoms with Gasteiger partial charge in [-0.05, 0) is 83.3 Å². The number of hydrogen-bond acceptors (Lipinski definition) is 11. The fraction of sp³-hybridized carbons (Fsp3) is 0.632. The summed E-state index contributed by atoms with van der Waals surface area (Å²) >= 11 is 0. The van der Waals surface area contributed by atoms with E-state index in [-0.39, 0.29) is 37.1 Å². The molecule has 4 aliphatic rings. The highest BCUT2D eigenvalue weighted by atomic mass is 32.2. The summed E-state index contributed by atoms with van der Waals surface area (Å²) in [7, 11) is -3.98. The van der Waals surface area contributed by atoms with Crippen molar-refractivity contribution < 1.29 is 55.0 Å². The van der Waals surface area contributed by atoms with E-state index < -0.39 is 86.4 Å². The number of carbonyl (C=O) groups excluding carboxylic acids is 4. The van der Waals surface area contributed by atoms with Crippen LogP contribution in [0.1, 0.15) is 79.6 Å². The summed E-state index contributed by atoms with van der Waals surface area (Å²) in [6, 6.07) is 4.27. The summed E-state index contributed by atoms with van der Waals surface area (Å²) in [5, 5.41) is 14.0. The van der Waals surface area contributed by atoms with E-state index in [0.29, 0.717) is 63.3 Å². The Morgan fingerprint density at radius 2 is 1.70 bits per heavy atom. The number of carbonyl (C=O) groups is 4. The lowest BCUT2D eigenvalue weighted by Gasteiger charge is -2.34. The number of sulfonamides is 1. The normalized spacial score (nSPS) is 29.2. The molecule has 3 N–H and O–H groups in total. The van der Waals surface area contributed by atoms with Gasteiger partial charge in [0.05, 0.1) is 29.2 Å². The molecule has 2 aromatic rings. The van der Waals surface area contributed by atoms with Gasteiger partial charge in [0.15, 0.2) is 0 Å². The molecule has 3 heterocycles. The first-order valence-electron chi connectivity index (χ1n) is 19.2. The second kappa shape index (κ2) is 15.9. The van der Waals surface area contributed by atoms with Gasteiger partial charge in [0.1, 0.15) is 23.7 Å². The van der Waals surface area contributed by atoms with E-state index in [0.717, 1.165) is 0 Å². The van der Waals surface area contributed by atoms with Crippen LogP contribution in [0.25, 0.3) is 10.8 Å². The van der Waals surface area contributed by atoms with Crippen molar-refractivity contribution in [2.45, 2.75) is 120 Å². The molecule has 0 spiro atoms. The maximum Gasteiger partial charge on any atom is 0.427 e. The summed E-state index contributed by atoms with van der Waals surface area (Å²) in [6.07, 6.45) is -1.36. The van der Waals surface area contributed by atoms with E-state index in [1.54, 1.807) is 44.2 Å². The van der Waals surface area contributed by atoms with Crippen LogP contribution in [0.3, 0.4) is 0 Å². The predicted molar refractivity (Wildman–Crippen MR) is 199 cm³/mol. The molecule has 0 radical (unpaired) electrons. The highest BCUT2D eigenvalue weighted by molar-refractivity contribution is 7.91. The van der Waals surface area contributed by atoms with Crippen molar-refractivity contribution in [2.24, 2.45) is 17.8 Å². The average Bonchev–Trinajstić information content (AvgIpc) is 4.06. The molecule has 7 atom stereocenters. The van der Waals surface area contributed by atoms with Gasteiger partial charge in [0.2, 0.25) is 39.2 Å². The molecule has 1 saturated heterocycles. The average molecular weight is 823 g/mol. The molecule has 312 valence electrons. The van der Waals surface area contributed by atoms with E-state index in [1.165, 1.54) is 4.90 Å². The number of nitrogens with one attached hydrogen (secondary N) is 3. The Kier molecular flexibility index (Phi) is 11.7. The van der Waals surface area contributed by atoms with Gasteiger partial charge in [-0.25, -0.2) is 13.2 Å². The summed E-state index contributed by atoms with van der Waals surface area (Å²) in [6.45, 7) is 6.87. The number of amides is 4. The lowest BCUT2D eigenvalue weighted by atomic mass is 9.88. The number of benzene rings is 1. The van der Waals surface area contributed by atoms with Crippen LogP contribution < -0.4 is 24.8 Å². The van der Waals surface area contributed by atoms with Crippen molar-refractivity contribution in [3.63, 3.8) is 0 Å². The lowest BCUT2D eigenvalue weighted by molar-refractivity contribution is -0.244. The molecule has 2 saturated carbocycles. The molecule has 0 bridgehead atoms. The molecule has 15 nitrogen and oxygen atoms in total. The summed E-state index contributed by atoms with van der Waals surface area (Å²) in [5.41, 5.74) is -4.52. The molecule has 3 fully saturated rings. The minimum atomic E-state index is -4.92. The zero-order valence-corrected chi connectivity index (χ0v) is 33.2.